The highest BCUT2D eigenvalue weighted by atomic mass is 15.3. The zero-order chi connectivity index (χ0) is 21.6. The maximum Gasteiger partial charge on any atom is 0.193 e. The van der Waals surface area contributed by atoms with Crippen LogP contribution in [-0.4, -0.2) is 20.7 Å². The highest BCUT2D eigenvalue weighted by Crippen LogP contribution is 2.25. The minimum atomic E-state index is 0.406. The second kappa shape index (κ2) is 9.26. The largest absolute Gasteiger partial charge is 0.370 e. The van der Waals surface area contributed by atoms with Gasteiger partial charge in [-0.15, -0.1) is 0 Å². The SMILES string of the molecule is Cc1cc(C)cc(NC(N)=NCc2ccccc2-c2ccc(Cn3cncn3)cc2)c1. The Morgan fingerprint density at radius 2 is 1.74 bits per heavy atom. The lowest BCUT2D eigenvalue weighted by molar-refractivity contribution is 0.685. The Morgan fingerprint density at radius 3 is 2.45 bits per heavy atom. The zero-order valence-corrected chi connectivity index (χ0v) is 17.8. The van der Waals surface area contributed by atoms with E-state index in [1.165, 1.54) is 16.7 Å². The van der Waals surface area contributed by atoms with Crippen LogP contribution in [0, 0.1) is 13.8 Å². The predicted octanol–water partition coefficient (Wildman–Crippen LogP) is 4.54. The van der Waals surface area contributed by atoms with E-state index < -0.39 is 0 Å². The quantitative estimate of drug-likeness (QED) is 0.361. The molecule has 0 saturated heterocycles. The molecule has 0 aliphatic heterocycles. The number of hydrogen-bond acceptors (Lipinski definition) is 3. The van der Waals surface area contributed by atoms with Gasteiger partial charge in [-0.3, -0.25) is 0 Å². The number of nitrogens with one attached hydrogen (secondary N) is 1. The van der Waals surface area contributed by atoms with Crippen molar-refractivity contribution in [3.8, 4) is 11.1 Å². The van der Waals surface area contributed by atoms with Crippen molar-refractivity contribution in [1.29, 1.82) is 0 Å². The van der Waals surface area contributed by atoms with Gasteiger partial charge in [0.25, 0.3) is 0 Å². The van der Waals surface area contributed by atoms with Crippen molar-refractivity contribution in [2.75, 3.05) is 5.32 Å². The smallest absolute Gasteiger partial charge is 0.193 e. The highest BCUT2D eigenvalue weighted by Gasteiger charge is 2.06. The normalized spacial score (nSPS) is 11.5. The molecule has 156 valence electrons. The van der Waals surface area contributed by atoms with E-state index in [0.717, 1.165) is 22.4 Å². The number of rotatable bonds is 6. The molecule has 0 radical (unpaired) electrons. The Morgan fingerprint density at radius 1 is 1.00 bits per heavy atom. The standard InChI is InChI=1S/C25H26N6/c1-18-11-19(2)13-23(12-18)30-25(26)28-14-22-5-3-4-6-24(22)21-9-7-20(8-10-21)15-31-17-27-16-29-31/h3-13,16-17H,14-15H2,1-2H3,(H3,26,28,30). The van der Waals surface area contributed by atoms with E-state index in [1.54, 1.807) is 12.7 Å². The van der Waals surface area contributed by atoms with E-state index in [-0.39, 0.29) is 0 Å². The van der Waals surface area contributed by atoms with Crippen LogP contribution in [0.2, 0.25) is 0 Å². The molecule has 0 bridgehead atoms. The lowest BCUT2D eigenvalue weighted by Gasteiger charge is -2.11. The Labute approximate surface area is 182 Å². The number of guanidine groups is 1. The van der Waals surface area contributed by atoms with Gasteiger partial charge in [-0.05, 0) is 59.4 Å². The van der Waals surface area contributed by atoms with Gasteiger partial charge >= 0.3 is 0 Å². The minimum Gasteiger partial charge on any atom is -0.370 e. The molecule has 0 spiro atoms. The highest BCUT2D eigenvalue weighted by molar-refractivity contribution is 5.92. The summed E-state index contributed by atoms with van der Waals surface area (Å²) in [6, 6.07) is 23.0. The van der Waals surface area contributed by atoms with Gasteiger partial charge in [0.1, 0.15) is 12.7 Å². The summed E-state index contributed by atoms with van der Waals surface area (Å²) in [4.78, 5) is 8.56. The van der Waals surface area contributed by atoms with E-state index in [2.05, 4.69) is 88.8 Å². The summed E-state index contributed by atoms with van der Waals surface area (Å²) in [6.45, 7) is 5.34. The molecule has 0 amide bonds. The van der Waals surface area contributed by atoms with Gasteiger partial charge in [-0.25, -0.2) is 14.7 Å². The van der Waals surface area contributed by atoms with Crippen LogP contribution in [0.4, 0.5) is 5.69 Å². The Hall–Kier alpha value is -3.93. The van der Waals surface area contributed by atoms with E-state index >= 15 is 0 Å². The number of aromatic nitrogens is 3. The molecule has 0 atom stereocenters. The van der Waals surface area contributed by atoms with Crippen LogP contribution >= 0.6 is 0 Å². The Bertz CT molecular complexity index is 1160. The topological polar surface area (TPSA) is 81.1 Å². The van der Waals surface area contributed by atoms with Gasteiger partial charge in [0.15, 0.2) is 5.96 Å². The van der Waals surface area contributed by atoms with Crippen molar-refractivity contribution in [3.63, 3.8) is 0 Å². The van der Waals surface area contributed by atoms with Crippen molar-refractivity contribution in [2.45, 2.75) is 26.9 Å². The molecule has 0 aliphatic carbocycles. The Balaban J connectivity index is 1.48. The molecule has 0 aliphatic rings. The molecule has 31 heavy (non-hydrogen) atoms. The van der Waals surface area contributed by atoms with Crippen LogP contribution in [-0.2, 0) is 13.1 Å². The lowest BCUT2D eigenvalue weighted by Crippen LogP contribution is -2.22. The number of nitrogens with zero attached hydrogens (tertiary/aromatic N) is 4. The molecule has 4 aromatic rings. The lowest BCUT2D eigenvalue weighted by atomic mass is 9.98. The minimum absolute atomic E-state index is 0.406. The summed E-state index contributed by atoms with van der Waals surface area (Å²) >= 11 is 0. The summed E-state index contributed by atoms with van der Waals surface area (Å²) in [5, 5.41) is 7.36. The molecule has 1 aromatic heterocycles. The van der Waals surface area contributed by atoms with Crippen molar-refractivity contribution in [3.05, 3.63) is 102 Å². The molecule has 0 unspecified atom stereocenters. The molecule has 0 fully saturated rings. The molecule has 6 nitrogen and oxygen atoms in total. The van der Waals surface area contributed by atoms with Crippen molar-refractivity contribution in [2.24, 2.45) is 10.7 Å². The van der Waals surface area contributed by atoms with E-state index in [4.69, 9.17) is 5.73 Å². The van der Waals surface area contributed by atoms with Gasteiger partial charge in [-0.1, -0.05) is 54.6 Å². The summed E-state index contributed by atoms with van der Waals surface area (Å²) in [5.74, 6) is 0.406. The number of anilines is 1. The van der Waals surface area contributed by atoms with Crippen LogP contribution in [0.1, 0.15) is 22.3 Å². The fourth-order valence-electron chi connectivity index (χ4n) is 3.64. The second-order valence-corrected chi connectivity index (χ2v) is 7.65. The van der Waals surface area contributed by atoms with Gasteiger partial charge in [0, 0.05) is 5.69 Å². The summed E-state index contributed by atoms with van der Waals surface area (Å²) in [6.07, 6.45) is 3.27. The molecule has 6 heteroatoms. The molecule has 0 saturated carbocycles. The first kappa shape index (κ1) is 20.3. The second-order valence-electron chi connectivity index (χ2n) is 7.65. The van der Waals surface area contributed by atoms with Gasteiger partial charge in [0.05, 0.1) is 13.1 Å². The molecular formula is C25H26N6. The van der Waals surface area contributed by atoms with Crippen molar-refractivity contribution in [1.82, 2.24) is 14.8 Å². The number of nitrogens with two attached hydrogens (primary N) is 1. The van der Waals surface area contributed by atoms with Gasteiger partial charge in [0.2, 0.25) is 0 Å². The number of aliphatic imine (C=N–C) groups is 1. The molecule has 4 rings (SSSR count). The maximum absolute atomic E-state index is 6.15. The number of benzene rings is 3. The first-order valence-electron chi connectivity index (χ1n) is 10.2. The predicted molar refractivity (Wildman–Crippen MR) is 126 cm³/mol. The monoisotopic (exact) mass is 410 g/mol. The maximum atomic E-state index is 6.15. The summed E-state index contributed by atoms with van der Waals surface area (Å²) < 4.78 is 1.81. The third-order valence-corrected chi connectivity index (χ3v) is 5.01. The molecule has 1 heterocycles. The first-order chi connectivity index (χ1) is 15.1. The van der Waals surface area contributed by atoms with Crippen LogP contribution in [0.3, 0.4) is 0 Å². The molecule has 3 aromatic carbocycles. The van der Waals surface area contributed by atoms with Crippen molar-refractivity contribution < 1.29 is 0 Å². The summed E-state index contributed by atoms with van der Waals surface area (Å²) in [7, 11) is 0. The van der Waals surface area contributed by atoms with Crippen molar-refractivity contribution >= 4 is 11.6 Å². The average molecular weight is 411 g/mol. The Kier molecular flexibility index (Phi) is 6.08. The number of aryl methyl sites for hydroxylation is 2. The number of hydrogen-bond donors (Lipinski definition) is 2. The molecular weight excluding hydrogens is 384 g/mol. The van der Waals surface area contributed by atoms with Gasteiger partial charge < -0.3 is 11.1 Å². The van der Waals surface area contributed by atoms with E-state index in [9.17, 15) is 0 Å². The third-order valence-electron chi connectivity index (χ3n) is 5.01. The van der Waals surface area contributed by atoms with Crippen LogP contribution in [0.15, 0.2) is 84.4 Å². The van der Waals surface area contributed by atoms with Crippen LogP contribution in [0.25, 0.3) is 11.1 Å². The summed E-state index contributed by atoms with van der Waals surface area (Å²) in [5.41, 5.74) is 14.1. The fourth-order valence-corrected chi connectivity index (χ4v) is 3.64. The zero-order valence-electron chi connectivity index (χ0n) is 17.8. The first-order valence-corrected chi connectivity index (χ1v) is 10.2. The average Bonchev–Trinajstić information content (AvgIpc) is 3.25. The van der Waals surface area contributed by atoms with Gasteiger partial charge in [-0.2, -0.15) is 5.10 Å². The fraction of sp³-hybridized carbons (Fsp3) is 0.160. The van der Waals surface area contributed by atoms with E-state index in [0.29, 0.717) is 19.0 Å². The molecule has 3 N–H and O–H groups in total. The third kappa shape index (κ3) is 5.36. The van der Waals surface area contributed by atoms with E-state index in [1.807, 2.05) is 16.8 Å². The van der Waals surface area contributed by atoms with Crippen LogP contribution < -0.4 is 11.1 Å². The van der Waals surface area contributed by atoms with Crippen LogP contribution in [0.5, 0.6) is 0 Å².